The van der Waals surface area contributed by atoms with Crippen LogP contribution in [-0.4, -0.2) is 20.3 Å². The maximum absolute atomic E-state index is 12.9. The molecule has 1 aromatic carbocycles. The fourth-order valence-electron chi connectivity index (χ4n) is 3.85. The van der Waals surface area contributed by atoms with Crippen molar-refractivity contribution < 1.29 is 4.79 Å². The van der Waals surface area contributed by atoms with Crippen LogP contribution in [-0.2, 0) is 13.0 Å². The SMILES string of the molecule is CCCCCCCCc1c(C)nn(C(=O)Cn2ccc3ccccc32)c1C. The Balaban J connectivity index is 1.65. The number of rotatable bonds is 9. The third-order valence-corrected chi connectivity index (χ3v) is 5.44. The number of para-hydroxylation sites is 1. The summed E-state index contributed by atoms with van der Waals surface area (Å²) in [7, 11) is 0. The van der Waals surface area contributed by atoms with Gasteiger partial charge in [0.1, 0.15) is 6.54 Å². The molecule has 0 aliphatic carbocycles. The monoisotopic (exact) mass is 365 g/mol. The molecule has 3 rings (SSSR count). The average molecular weight is 366 g/mol. The first-order chi connectivity index (χ1) is 13.1. The number of aryl methyl sites for hydroxylation is 1. The lowest BCUT2D eigenvalue weighted by Crippen LogP contribution is -2.20. The van der Waals surface area contributed by atoms with Crippen molar-refractivity contribution in [3.63, 3.8) is 0 Å². The van der Waals surface area contributed by atoms with Crippen molar-refractivity contribution in [1.29, 1.82) is 0 Å². The summed E-state index contributed by atoms with van der Waals surface area (Å²) in [6.45, 7) is 6.60. The number of benzene rings is 1. The zero-order valence-electron chi connectivity index (χ0n) is 16.9. The topological polar surface area (TPSA) is 39.8 Å². The average Bonchev–Trinajstić information content (AvgIpc) is 3.20. The second-order valence-corrected chi connectivity index (χ2v) is 7.48. The Morgan fingerprint density at radius 3 is 2.56 bits per heavy atom. The van der Waals surface area contributed by atoms with Gasteiger partial charge in [-0.3, -0.25) is 4.79 Å². The summed E-state index contributed by atoms with van der Waals surface area (Å²) in [4.78, 5) is 12.9. The smallest absolute Gasteiger partial charge is 0.267 e. The van der Waals surface area contributed by atoms with Crippen LogP contribution in [0.15, 0.2) is 36.5 Å². The summed E-state index contributed by atoms with van der Waals surface area (Å²) in [5, 5.41) is 5.71. The molecule has 0 atom stereocenters. The summed E-state index contributed by atoms with van der Waals surface area (Å²) in [5.74, 6) is 0.0196. The van der Waals surface area contributed by atoms with E-state index in [-0.39, 0.29) is 5.91 Å². The Labute approximate surface area is 162 Å². The van der Waals surface area contributed by atoms with E-state index < -0.39 is 0 Å². The highest BCUT2D eigenvalue weighted by atomic mass is 16.2. The van der Waals surface area contributed by atoms with Crippen molar-refractivity contribution in [3.8, 4) is 0 Å². The van der Waals surface area contributed by atoms with Gasteiger partial charge in [-0.2, -0.15) is 5.10 Å². The molecule has 0 bridgehead atoms. The van der Waals surface area contributed by atoms with Gasteiger partial charge >= 0.3 is 0 Å². The van der Waals surface area contributed by atoms with Crippen LogP contribution in [0.5, 0.6) is 0 Å². The molecule has 0 saturated heterocycles. The molecule has 4 heteroatoms. The van der Waals surface area contributed by atoms with Gasteiger partial charge in [0.25, 0.3) is 5.91 Å². The molecule has 0 aliphatic rings. The fourth-order valence-corrected chi connectivity index (χ4v) is 3.85. The van der Waals surface area contributed by atoms with E-state index in [1.807, 2.05) is 48.9 Å². The van der Waals surface area contributed by atoms with Gasteiger partial charge in [-0.1, -0.05) is 57.2 Å². The summed E-state index contributed by atoms with van der Waals surface area (Å²) < 4.78 is 3.61. The first kappa shape index (κ1) is 19.4. The fraction of sp³-hybridized carbons (Fsp3) is 0.478. The van der Waals surface area contributed by atoms with Gasteiger partial charge in [0.05, 0.1) is 5.69 Å². The minimum absolute atomic E-state index is 0.0196. The van der Waals surface area contributed by atoms with E-state index in [0.29, 0.717) is 6.54 Å². The van der Waals surface area contributed by atoms with Gasteiger partial charge in [-0.05, 0) is 49.8 Å². The van der Waals surface area contributed by atoms with E-state index in [9.17, 15) is 4.79 Å². The summed E-state index contributed by atoms with van der Waals surface area (Å²) in [5.41, 5.74) is 4.32. The van der Waals surface area contributed by atoms with Gasteiger partial charge in [-0.25, -0.2) is 4.68 Å². The van der Waals surface area contributed by atoms with Crippen molar-refractivity contribution >= 4 is 16.8 Å². The first-order valence-corrected chi connectivity index (χ1v) is 10.2. The Kier molecular flexibility index (Phi) is 6.49. The van der Waals surface area contributed by atoms with Crippen LogP contribution in [0, 0.1) is 13.8 Å². The Hall–Kier alpha value is -2.36. The maximum Gasteiger partial charge on any atom is 0.267 e. The number of carbonyl (C=O) groups is 1. The van der Waals surface area contributed by atoms with Crippen LogP contribution in [0.4, 0.5) is 0 Å². The van der Waals surface area contributed by atoms with Crippen LogP contribution in [0.2, 0.25) is 0 Å². The second-order valence-electron chi connectivity index (χ2n) is 7.48. The lowest BCUT2D eigenvalue weighted by Gasteiger charge is -2.07. The summed E-state index contributed by atoms with van der Waals surface area (Å²) >= 11 is 0. The van der Waals surface area contributed by atoms with E-state index in [4.69, 9.17) is 0 Å². The molecule has 0 unspecified atom stereocenters. The zero-order chi connectivity index (χ0) is 19.2. The van der Waals surface area contributed by atoms with E-state index in [1.165, 1.54) is 44.1 Å². The highest BCUT2D eigenvalue weighted by Gasteiger charge is 2.17. The number of aromatic nitrogens is 3. The van der Waals surface area contributed by atoms with Crippen molar-refractivity contribution in [2.75, 3.05) is 0 Å². The number of hydrogen-bond donors (Lipinski definition) is 0. The molecule has 0 amide bonds. The Morgan fingerprint density at radius 2 is 1.74 bits per heavy atom. The molecule has 0 fully saturated rings. The molecule has 0 radical (unpaired) electrons. The van der Waals surface area contributed by atoms with Gasteiger partial charge in [0.2, 0.25) is 0 Å². The van der Waals surface area contributed by atoms with Crippen molar-refractivity contribution in [3.05, 3.63) is 53.5 Å². The lowest BCUT2D eigenvalue weighted by atomic mass is 10.0. The van der Waals surface area contributed by atoms with Crippen LogP contribution < -0.4 is 0 Å². The third kappa shape index (κ3) is 4.49. The molecule has 2 heterocycles. The normalized spacial score (nSPS) is 11.4. The number of unbranched alkanes of at least 4 members (excludes halogenated alkanes) is 5. The van der Waals surface area contributed by atoms with E-state index in [0.717, 1.165) is 28.7 Å². The van der Waals surface area contributed by atoms with E-state index in [1.54, 1.807) is 4.68 Å². The maximum atomic E-state index is 12.9. The standard InChI is InChI=1S/C23H31N3O/c1-4-5-6-7-8-9-13-21-18(2)24-26(19(21)3)23(27)17-25-16-15-20-12-10-11-14-22(20)25/h10-12,14-16H,4-9,13,17H2,1-3H3. The minimum Gasteiger partial charge on any atom is -0.338 e. The lowest BCUT2D eigenvalue weighted by molar-refractivity contribution is 0.0874. The van der Waals surface area contributed by atoms with Gasteiger partial charge in [0, 0.05) is 17.4 Å². The number of hydrogen-bond acceptors (Lipinski definition) is 2. The Bertz CT molecular complexity index is 904. The van der Waals surface area contributed by atoms with Gasteiger partial charge < -0.3 is 4.57 Å². The van der Waals surface area contributed by atoms with E-state index in [2.05, 4.69) is 18.1 Å². The molecule has 2 aromatic heterocycles. The largest absolute Gasteiger partial charge is 0.338 e. The minimum atomic E-state index is 0.0196. The molecule has 144 valence electrons. The second kappa shape index (κ2) is 9.03. The number of fused-ring (bicyclic) bond motifs is 1. The molecule has 3 aromatic rings. The summed E-state index contributed by atoms with van der Waals surface area (Å²) in [6.07, 6.45) is 10.7. The quantitative estimate of drug-likeness (QED) is 0.456. The molecule has 0 N–H and O–H groups in total. The van der Waals surface area contributed by atoms with Crippen LogP contribution in [0.1, 0.15) is 67.2 Å². The van der Waals surface area contributed by atoms with Crippen molar-refractivity contribution in [1.82, 2.24) is 14.3 Å². The molecule has 0 saturated carbocycles. The van der Waals surface area contributed by atoms with Crippen LogP contribution >= 0.6 is 0 Å². The summed E-state index contributed by atoms with van der Waals surface area (Å²) in [6, 6.07) is 10.2. The van der Waals surface area contributed by atoms with Crippen molar-refractivity contribution in [2.24, 2.45) is 0 Å². The van der Waals surface area contributed by atoms with Crippen molar-refractivity contribution in [2.45, 2.75) is 72.3 Å². The van der Waals surface area contributed by atoms with Gasteiger partial charge in [-0.15, -0.1) is 0 Å². The molecular weight excluding hydrogens is 334 g/mol. The zero-order valence-corrected chi connectivity index (χ0v) is 16.9. The van der Waals surface area contributed by atoms with Crippen LogP contribution in [0.3, 0.4) is 0 Å². The number of carbonyl (C=O) groups excluding carboxylic acids is 1. The van der Waals surface area contributed by atoms with Gasteiger partial charge in [0.15, 0.2) is 0 Å². The molecule has 4 nitrogen and oxygen atoms in total. The predicted molar refractivity (Wildman–Crippen MR) is 111 cm³/mol. The van der Waals surface area contributed by atoms with E-state index >= 15 is 0 Å². The number of nitrogens with zero attached hydrogens (tertiary/aromatic N) is 3. The third-order valence-electron chi connectivity index (χ3n) is 5.44. The molecule has 0 aliphatic heterocycles. The molecule has 27 heavy (non-hydrogen) atoms. The predicted octanol–water partition coefficient (Wildman–Crippen LogP) is 5.70. The molecule has 0 spiro atoms. The highest BCUT2D eigenvalue weighted by Crippen LogP contribution is 2.19. The first-order valence-electron chi connectivity index (χ1n) is 10.2. The Morgan fingerprint density at radius 1 is 1.00 bits per heavy atom. The highest BCUT2D eigenvalue weighted by molar-refractivity contribution is 5.84. The molecular formula is C23H31N3O. The van der Waals surface area contributed by atoms with Crippen LogP contribution in [0.25, 0.3) is 10.9 Å².